The van der Waals surface area contributed by atoms with Crippen LogP contribution in [0.25, 0.3) is 22.3 Å². The van der Waals surface area contributed by atoms with Crippen molar-refractivity contribution in [2.75, 3.05) is 48.5 Å². The molecule has 0 spiro atoms. The van der Waals surface area contributed by atoms with E-state index in [1.54, 1.807) is 18.6 Å². The summed E-state index contributed by atoms with van der Waals surface area (Å²) in [6.45, 7) is 7.11. The quantitative estimate of drug-likeness (QED) is 0.169. The van der Waals surface area contributed by atoms with E-state index in [9.17, 15) is 31.2 Å². The van der Waals surface area contributed by atoms with E-state index in [1.807, 2.05) is 30.3 Å². The smallest absolute Gasteiger partial charge is 0.475 e. The highest BCUT2D eigenvalue weighted by atomic mass is 32.2. The minimum absolute atomic E-state index is 0.0382. The fraction of sp³-hybridized carbons (Fsp3) is 0.405. The first-order valence-electron chi connectivity index (χ1n) is 17.8. The number of carboxylic acids is 1. The number of aliphatic carboxylic acids is 1. The molecule has 2 amide bonds. The van der Waals surface area contributed by atoms with E-state index < -0.39 is 27.9 Å². The zero-order valence-corrected chi connectivity index (χ0v) is 31.2. The Morgan fingerprint density at radius 2 is 1.73 bits per heavy atom. The number of H-pyrrole nitrogens is 1. The van der Waals surface area contributed by atoms with E-state index in [4.69, 9.17) is 14.6 Å². The predicted molar refractivity (Wildman–Crippen MR) is 201 cm³/mol. The molecule has 19 heteroatoms. The number of piperidine rings is 1. The van der Waals surface area contributed by atoms with Crippen LogP contribution in [0.2, 0.25) is 0 Å². The monoisotopic (exact) mass is 798 g/mol. The largest absolute Gasteiger partial charge is 0.490 e. The second kappa shape index (κ2) is 16.8. The van der Waals surface area contributed by atoms with Crippen LogP contribution in [-0.4, -0.2) is 119 Å². The summed E-state index contributed by atoms with van der Waals surface area (Å²) in [4.78, 5) is 56.1. The third kappa shape index (κ3) is 10.1. The molecule has 56 heavy (non-hydrogen) atoms. The standard InChI is InChI=1S/C35H40N8O5S.C2HF3O2/c1-22(20-49(2,46)47)34(44)40-26-4-3-13-42(17-26)16-23-11-12-36-31(14-23)35(45)39-25-7-5-24(6-8-25)30-15-29-32(41-30)37-21-38-33(29)43-27-9-10-28(43)19-48-18-27;3-2(4,5)1(6)7/h5-8,11-12,14-15,21,26-28H,1,3-4,9-10,13,16-20H2,2H3,(H,39,45)(H,40,44)(H,37,38,41);(H,6,7)/t26-,27-,28+;/m1./s1. The molecule has 3 aliphatic rings. The summed E-state index contributed by atoms with van der Waals surface area (Å²) in [7, 11) is -3.34. The van der Waals surface area contributed by atoms with Crippen LogP contribution in [0.5, 0.6) is 0 Å². The second-order valence-electron chi connectivity index (χ2n) is 14.1. The molecule has 0 radical (unpaired) electrons. The van der Waals surface area contributed by atoms with Gasteiger partial charge in [-0.1, -0.05) is 18.7 Å². The number of halogens is 3. The van der Waals surface area contributed by atoms with E-state index in [2.05, 4.69) is 53.0 Å². The van der Waals surface area contributed by atoms with Crippen molar-refractivity contribution in [3.8, 4) is 11.3 Å². The summed E-state index contributed by atoms with van der Waals surface area (Å²) in [5.41, 5.74) is 4.58. The number of pyridine rings is 1. The van der Waals surface area contributed by atoms with Crippen LogP contribution in [0, 0.1) is 0 Å². The molecule has 3 saturated heterocycles. The molecule has 0 aliphatic carbocycles. The highest BCUT2D eigenvalue weighted by Gasteiger charge is 2.39. The van der Waals surface area contributed by atoms with Gasteiger partial charge < -0.3 is 30.4 Å². The zero-order chi connectivity index (χ0) is 40.2. The molecule has 4 aromatic rings. The first-order valence-corrected chi connectivity index (χ1v) is 19.9. The predicted octanol–water partition coefficient (Wildman–Crippen LogP) is 3.95. The molecule has 0 saturated carbocycles. The summed E-state index contributed by atoms with van der Waals surface area (Å²) in [6, 6.07) is 14.0. The molecule has 0 unspecified atom stereocenters. The van der Waals surface area contributed by atoms with Crippen LogP contribution in [0.15, 0.2) is 67.1 Å². The van der Waals surface area contributed by atoms with Gasteiger partial charge in [0.1, 0.15) is 23.5 Å². The number of nitrogens with zero attached hydrogens (tertiary/aromatic N) is 5. The topological polar surface area (TPSA) is 200 Å². The average molecular weight is 799 g/mol. The molecular formula is C37H41F3N8O7S. The number of hydrogen-bond donors (Lipinski definition) is 4. The third-order valence-electron chi connectivity index (χ3n) is 9.65. The summed E-state index contributed by atoms with van der Waals surface area (Å²) in [5, 5.41) is 14.0. The van der Waals surface area contributed by atoms with Gasteiger partial charge in [0.2, 0.25) is 5.91 Å². The number of benzene rings is 1. The third-order valence-corrected chi connectivity index (χ3v) is 10.5. The van der Waals surface area contributed by atoms with E-state index >= 15 is 0 Å². The second-order valence-corrected chi connectivity index (χ2v) is 16.2. The average Bonchev–Trinajstić information content (AvgIpc) is 3.68. The first-order chi connectivity index (χ1) is 26.5. The van der Waals surface area contributed by atoms with Crippen LogP contribution in [0.1, 0.15) is 41.7 Å². The lowest BCUT2D eigenvalue weighted by atomic mass is 10.0. The van der Waals surface area contributed by atoms with E-state index in [1.165, 1.54) is 0 Å². The summed E-state index contributed by atoms with van der Waals surface area (Å²) in [5.74, 6) is -2.92. The molecule has 6 heterocycles. The number of rotatable bonds is 10. The minimum Gasteiger partial charge on any atom is -0.475 e. The normalized spacial score (nSPS) is 19.9. The summed E-state index contributed by atoms with van der Waals surface area (Å²) < 4.78 is 60.6. The van der Waals surface area contributed by atoms with Crippen molar-refractivity contribution in [1.29, 1.82) is 0 Å². The number of alkyl halides is 3. The fourth-order valence-electron chi connectivity index (χ4n) is 7.13. The molecule has 3 atom stereocenters. The van der Waals surface area contributed by atoms with Gasteiger partial charge in [0.25, 0.3) is 5.91 Å². The lowest BCUT2D eigenvalue weighted by molar-refractivity contribution is -0.192. The van der Waals surface area contributed by atoms with Crippen LogP contribution >= 0.6 is 0 Å². The lowest BCUT2D eigenvalue weighted by Crippen LogP contribution is -2.48. The van der Waals surface area contributed by atoms with Gasteiger partial charge in [-0.25, -0.2) is 23.2 Å². The van der Waals surface area contributed by atoms with Crippen molar-refractivity contribution < 1.29 is 45.8 Å². The lowest BCUT2D eigenvalue weighted by Gasteiger charge is -2.35. The van der Waals surface area contributed by atoms with Crippen molar-refractivity contribution in [3.63, 3.8) is 0 Å². The van der Waals surface area contributed by atoms with Gasteiger partial charge in [0.15, 0.2) is 9.84 Å². The van der Waals surface area contributed by atoms with Crippen LogP contribution in [0.3, 0.4) is 0 Å². The van der Waals surface area contributed by atoms with Gasteiger partial charge in [0.05, 0.1) is 36.4 Å². The summed E-state index contributed by atoms with van der Waals surface area (Å²) in [6.07, 6.45) is 3.12. The Morgan fingerprint density at radius 1 is 1.04 bits per heavy atom. The van der Waals surface area contributed by atoms with Gasteiger partial charge in [-0.2, -0.15) is 13.2 Å². The van der Waals surface area contributed by atoms with Crippen LogP contribution in [-0.2, 0) is 30.7 Å². The SMILES string of the molecule is C=C(CS(C)(=O)=O)C(=O)N[C@@H]1CCCN(Cc2ccnc(C(=O)Nc3ccc(-c4cc5c(N6[C@@H]7CC[C@H]6COC7)ncnc5[nH]4)cc3)c2)C1.O=C(O)C(F)(F)F. The molecule has 3 aromatic heterocycles. The number of amides is 2. The highest BCUT2D eigenvalue weighted by Crippen LogP contribution is 2.37. The maximum atomic E-state index is 13.2. The molecule has 7 rings (SSSR count). The number of ether oxygens (including phenoxy) is 1. The summed E-state index contributed by atoms with van der Waals surface area (Å²) >= 11 is 0. The molecule has 3 aliphatic heterocycles. The van der Waals surface area contributed by atoms with E-state index in [0.717, 1.165) is 85.4 Å². The number of fused-ring (bicyclic) bond motifs is 3. The molecule has 3 fully saturated rings. The molecule has 4 N–H and O–H groups in total. The Balaban J connectivity index is 0.000000695. The Hall–Kier alpha value is -5.40. The molecule has 2 bridgehead atoms. The van der Waals surface area contributed by atoms with Crippen molar-refractivity contribution in [2.45, 2.75) is 56.5 Å². The number of carbonyl (C=O) groups is 3. The van der Waals surface area contributed by atoms with Crippen molar-refractivity contribution >= 4 is 50.2 Å². The number of likely N-dealkylation sites (tertiary alicyclic amines) is 1. The van der Waals surface area contributed by atoms with E-state index in [-0.39, 0.29) is 23.3 Å². The van der Waals surface area contributed by atoms with Gasteiger partial charge in [0, 0.05) is 48.5 Å². The first kappa shape index (κ1) is 40.3. The molecule has 298 valence electrons. The Kier molecular flexibility index (Phi) is 12.1. The number of anilines is 2. The van der Waals surface area contributed by atoms with Gasteiger partial charge in [-0.3, -0.25) is 19.5 Å². The Bertz CT molecular complexity index is 2200. The number of carbonyl (C=O) groups excluding carboxylic acids is 2. The number of hydrogen-bond acceptors (Lipinski definition) is 11. The number of aromatic nitrogens is 4. The maximum absolute atomic E-state index is 13.2. The number of aromatic amines is 1. The van der Waals surface area contributed by atoms with Gasteiger partial charge >= 0.3 is 12.1 Å². The fourth-order valence-corrected chi connectivity index (χ4v) is 7.90. The number of carboxylic acid groups (broad SMARTS) is 1. The van der Waals surface area contributed by atoms with E-state index in [0.29, 0.717) is 36.6 Å². The van der Waals surface area contributed by atoms with Crippen molar-refractivity contribution in [3.05, 3.63) is 78.4 Å². The number of morpholine rings is 1. The highest BCUT2D eigenvalue weighted by molar-refractivity contribution is 7.90. The van der Waals surface area contributed by atoms with Crippen molar-refractivity contribution in [1.82, 2.24) is 30.2 Å². The molecular weight excluding hydrogens is 758 g/mol. The van der Waals surface area contributed by atoms with Gasteiger partial charge in [-0.15, -0.1) is 0 Å². The molecule has 1 aromatic carbocycles. The minimum atomic E-state index is -5.08. The maximum Gasteiger partial charge on any atom is 0.490 e. The van der Waals surface area contributed by atoms with Crippen LogP contribution in [0.4, 0.5) is 24.7 Å². The van der Waals surface area contributed by atoms with Crippen molar-refractivity contribution in [2.24, 2.45) is 0 Å². The molecule has 15 nitrogen and oxygen atoms in total. The number of sulfone groups is 1. The van der Waals surface area contributed by atoms with Crippen LogP contribution < -0.4 is 15.5 Å². The number of nitrogens with one attached hydrogen (secondary N) is 3. The Labute approximate surface area is 320 Å². The van der Waals surface area contributed by atoms with Gasteiger partial charge in [-0.05, 0) is 73.7 Å². The zero-order valence-electron chi connectivity index (χ0n) is 30.4. The Morgan fingerprint density at radius 3 is 2.39 bits per heavy atom.